The average Bonchev–Trinajstić information content (AvgIpc) is 3.16. The summed E-state index contributed by atoms with van der Waals surface area (Å²) in [5.41, 5.74) is 0. The molecule has 29 heavy (non-hydrogen) atoms. The van der Waals surface area contributed by atoms with Crippen LogP contribution in [0.5, 0.6) is 0 Å². The molecule has 1 saturated carbocycles. The van der Waals surface area contributed by atoms with Gasteiger partial charge in [-0.05, 0) is 37.3 Å². The Kier molecular flexibility index (Phi) is 7.28. The second-order valence-corrected chi connectivity index (χ2v) is 8.35. The molecule has 160 valence electrons. The number of anilines is 1. The number of hydrogen-bond donors (Lipinski definition) is 2. The number of nitrogens with one attached hydrogen (secondary N) is 2. The van der Waals surface area contributed by atoms with Crippen LogP contribution in [-0.4, -0.2) is 67.6 Å². The number of likely N-dealkylation sites (N-methyl/N-ethyl adjacent to an activating group) is 1. The number of aliphatic imine (C=N–C) groups is 1. The van der Waals surface area contributed by atoms with Crippen molar-refractivity contribution in [3.63, 3.8) is 0 Å². The first kappa shape index (κ1) is 21.3. The predicted molar refractivity (Wildman–Crippen MR) is 114 cm³/mol. The molecule has 0 aromatic carbocycles. The Labute approximate surface area is 172 Å². The van der Waals surface area contributed by atoms with E-state index in [0.29, 0.717) is 30.3 Å². The fraction of sp³-hybridized carbons (Fsp3) is 0.667. The van der Waals surface area contributed by atoms with Crippen molar-refractivity contribution in [2.24, 2.45) is 10.9 Å². The van der Waals surface area contributed by atoms with Crippen LogP contribution in [0.15, 0.2) is 23.3 Å². The summed E-state index contributed by atoms with van der Waals surface area (Å²) in [5, 5.41) is 7.03. The van der Waals surface area contributed by atoms with Crippen molar-refractivity contribution >= 4 is 17.7 Å². The molecule has 0 radical (unpaired) electrons. The van der Waals surface area contributed by atoms with E-state index in [0.717, 1.165) is 19.4 Å². The number of hydrogen-bond acceptors (Lipinski definition) is 4. The van der Waals surface area contributed by atoms with Gasteiger partial charge in [-0.2, -0.15) is 0 Å². The van der Waals surface area contributed by atoms with Crippen LogP contribution in [0.3, 0.4) is 0 Å². The number of nitrogens with zero attached hydrogens (tertiary/aromatic N) is 4. The maximum atomic E-state index is 14.1. The molecule has 3 unspecified atom stereocenters. The first-order chi connectivity index (χ1) is 13.9. The van der Waals surface area contributed by atoms with E-state index in [9.17, 15) is 9.18 Å². The van der Waals surface area contributed by atoms with Crippen LogP contribution in [0.25, 0.3) is 0 Å². The summed E-state index contributed by atoms with van der Waals surface area (Å²) >= 11 is 0. The number of rotatable bonds is 5. The van der Waals surface area contributed by atoms with Crippen molar-refractivity contribution < 1.29 is 9.18 Å². The van der Waals surface area contributed by atoms with E-state index in [2.05, 4.69) is 27.5 Å². The van der Waals surface area contributed by atoms with E-state index in [1.54, 1.807) is 31.3 Å². The van der Waals surface area contributed by atoms with Crippen molar-refractivity contribution in [2.45, 2.75) is 51.1 Å². The molecule has 0 spiro atoms. The zero-order valence-corrected chi connectivity index (χ0v) is 17.7. The molecule has 2 N–H and O–H groups in total. The van der Waals surface area contributed by atoms with Gasteiger partial charge in [0.15, 0.2) is 17.6 Å². The minimum atomic E-state index is -0.298. The smallest absolute Gasteiger partial charge is 0.243 e. The molecule has 7 nitrogen and oxygen atoms in total. The van der Waals surface area contributed by atoms with Gasteiger partial charge in [-0.1, -0.05) is 19.8 Å². The zero-order valence-electron chi connectivity index (χ0n) is 17.7. The van der Waals surface area contributed by atoms with E-state index in [4.69, 9.17) is 0 Å². The summed E-state index contributed by atoms with van der Waals surface area (Å²) in [7, 11) is 3.47. The molecule has 0 bridgehead atoms. The SMILES string of the molecule is CC1CCCCC1NC(=NCC(=O)N(C)C)NC1CCN(c2ncccc2F)C1. The van der Waals surface area contributed by atoms with Crippen molar-refractivity contribution in [3.05, 3.63) is 24.1 Å². The Morgan fingerprint density at radius 1 is 1.31 bits per heavy atom. The first-order valence-corrected chi connectivity index (χ1v) is 10.6. The molecule has 1 amide bonds. The first-order valence-electron chi connectivity index (χ1n) is 10.6. The van der Waals surface area contributed by atoms with Gasteiger partial charge in [0.05, 0.1) is 0 Å². The maximum absolute atomic E-state index is 14.1. The van der Waals surface area contributed by atoms with Gasteiger partial charge in [0.2, 0.25) is 5.91 Å². The normalized spacial score (nSPS) is 25.0. The number of carbonyl (C=O) groups is 1. The van der Waals surface area contributed by atoms with Gasteiger partial charge in [0.25, 0.3) is 0 Å². The van der Waals surface area contributed by atoms with Crippen LogP contribution < -0.4 is 15.5 Å². The van der Waals surface area contributed by atoms with E-state index < -0.39 is 0 Å². The predicted octanol–water partition coefficient (Wildman–Crippen LogP) is 2.00. The molecule has 3 rings (SSSR count). The molecule has 3 atom stereocenters. The van der Waals surface area contributed by atoms with Crippen LogP contribution in [-0.2, 0) is 4.79 Å². The number of pyridine rings is 1. The largest absolute Gasteiger partial charge is 0.353 e. The molecule has 1 aliphatic carbocycles. The summed E-state index contributed by atoms with van der Waals surface area (Å²) in [6.45, 7) is 3.75. The molecule has 2 heterocycles. The monoisotopic (exact) mass is 404 g/mol. The molecule has 2 aliphatic rings. The highest BCUT2D eigenvalue weighted by atomic mass is 19.1. The number of amides is 1. The molecular formula is C21H33FN6O. The van der Waals surface area contributed by atoms with Gasteiger partial charge in [-0.25, -0.2) is 14.4 Å². The molecule has 2 fully saturated rings. The van der Waals surface area contributed by atoms with Gasteiger partial charge in [0.1, 0.15) is 6.54 Å². The summed E-state index contributed by atoms with van der Waals surface area (Å²) in [6, 6.07) is 3.52. The molecule has 1 saturated heterocycles. The fourth-order valence-electron chi connectivity index (χ4n) is 4.00. The number of guanidine groups is 1. The molecular weight excluding hydrogens is 371 g/mol. The van der Waals surface area contributed by atoms with E-state index in [1.807, 2.05) is 4.90 Å². The average molecular weight is 405 g/mol. The highest BCUT2D eigenvalue weighted by Gasteiger charge is 2.28. The Bertz CT molecular complexity index is 725. The lowest BCUT2D eigenvalue weighted by Gasteiger charge is -2.31. The van der Waals surface area contributed by atoms with Crippen molar-refractivity contribution in [3.8, 4) is 0 Å². The summed E-state index contributed by atoms with van der Waals surface area (Å²) in [5.74, 6) is 1.31. The van der Waals surface area contributed by atoms with E-state index >= 15 is 0 Å². The van der Waals surface area contributed by atoms with Crippen LogP contribution in [0.2, 0.25) is 0 Å². The number of halogens is 1. The third-order valence-corrected chi connectivity index (χ3v) is 5.87. The van der Waals surface area contributed by atoms with Gasteiger partial charge >= 0.3 is 0 Å². The van der Waals surface area contributed by atoms with Crippen molar-refractivity contribution in [2.75, 3.05) is 38.6 Å². The number of carbonyl (C=O) groups excluding carboxylic acids is 1. The molecule has 8 heteroatoms. The van der Waals surface area contributed by atoms with Crippen molar-refractivity contribution in [1.29, 1.82) is 0 Å². The minimum Gasteiger partial charge on any atom is -0.353 e. The lowest BCUT2D eigenvalue weighted by molar-refractivity contribution is -0.127. The summed E-state index contributed by atoms with van der Waals surface area (Å²) in [4.78, 5) is 24.3. The van der Waals surface area contributed by atoms with E-state index in [-0.39, 0.29) is 24.3 Å². The third kappa shape index (κ3) is 5.81. The van der Waals surface area contributed by atoms with E-state index in [1.165, 1.54) is 25.3 Å². The zero-order chi connectivity index (χ0) is 20.8. The van der Waals surface area contributed by atoms with Crippen LogP contribution in [0.4, 0.5) is 10.2 Å². The van der Waals surface area contributed by atoms with Crippen LogP contribution >= 0.6 is 0 Å². The lowest BCUT2D eigenvalue weighted by Crippen LogP contribution is -2.51. The second kappa shape index (κ2) is 9.89. The molecule has 1 aromatic rings. The lowest BCUT2D eigenvalue weighted by atomic mass is 9.86. The summed E-state index contributed by atoms with van der Waals surface area (Å²) in [6.07, 6.45) is 7.27. The molecule has 1 aliphatic heterocycles. The van der Waals surface area contributed by atoms with Gasteiger partial charge < -0.3 is 20.4 Å². The topological polar surface area (TPSA) is 72.9 Å². The van der Waals surface area contributed by atoms with Gasteiger partial charge in [-0.15, -0.1) is 0 Å². The Morgan fingerprint density at radius 2 is 2.10 bits per heavy atom. The maximum Gasteiger partial charge on any atom is 0.243 e. The number of aromatic nitrogens is 1. The Balaban J connectivity index is 1.65. The van der Waals surface area contributed by atoms with Crippen LogP contribution in [0.1, 0.15) is 39.0 Å². The third-order valence-electron chi connectivity index (χ3n) is 5.87. The summed E-state index contributed by atoms with van der Waals surface area (Å²) < 4.78 is 14.1. The molecule has 1 aromatic heterocycles. The highest BCUT2D eigenvalue weighted by molar-refractivity contribution is 5.85. The highest BCUT2D eigenvalue weighted by Crippen LogP contribution is 2.24. The Hall–Kier alpha value is -2.38. The van der Waals surface area contributed by atoms with Crippen molar-refractivity contribution in [1.82, 2.24) is 20.5 Å². The fourth-order valence-corrected chi connectivity index (χ4v) is 4.00. The Morgan fingerprint density at radius 3 is 2.83 bits per heavy atom. The second-order valence-electron chi connectivity index (χ2n) is 8.35. The van der Waals surface area contributed by atoms with Gasteiger partial charge in [-0.3, -0.25) is 4.79 Å². The standard InChI is InChI=1S/C21H33FN6O/c1-15-7-4-5-9-18(15)26-21(24-13-19(29)27(2)3)25-16-10-12-28(14-16)20-17(22)8-6-11-23-20/h6,8,11,15-16,18H,4-5,7,9-10,12-14H2,1-3H3,(H2,24,25,26). The minimum absolute atomic E-state index is 0.0357. The van der Waals surface area contributed by atoms with Crippen LogP contribution in [0, 0.1) is 11.7 Å². The quantitative estimate of drug-likeness (QED) is 0.580. The van der Waals surface area contributed by atoms with Gasteiger partial charge in [0, 0.05) is 45.5 Å².